The first-order valence-electron chi connectivity index (χ1n) is 8.40. The minimum atomic E-state index is -0.966. The number of ether oxygens (including phenoxy) is 3. The topological polar surface area (TPSA) is 91.7 Å². The highest BCUT2D eigenvalue weighted by Gasteiger charge is 2.22. The van der Waals surface area contributed by atoms with Crippen molar-refractivity contribution in [1.29, 1.82) is 0 Å². The largest absolute Gasteiger partial charge is 0.486 e. The van der Waals surface area contributed by atoms with E-state index in [-0.39, 0.29) is 6.04 Å². The molecule has 3 rings (SSSR count). The molecule has 138 valence electrons. The van der Waals surface area contributed by atoms with Gasteiger partial charge < -0.3 is 19.5 Å². The maximum atomic E-state index is 12.3. The van der Waals surface area contributed by atoms with Gasteiger partial charge in [-0.25, -0.2) is 9.48 Å². The third-order valence-corrected chi connectivity index (χ3v) is 3.84. The molecule has 0 saturated heterocycles. The summed E-state index contributed by atoms with van der Waals surface area (Å²) in [6.07, 6.45) is 0.632. The van der Waals surface area contributed by atoms with Gasteiger partial charge >= 0.3 is 5.97 Å². The van der Waals surface area contributed by atoms with Gasteiger partial charge in [-0.05, 0) is 39.0 Å². The van der Waals surface area contributed by atoms with Crippen LogP contribution in [-0.2, 0) is 9.53 Å². The van der Waals surface area contributed by atoms with E-state index in [1.165, 1.54) is 6.92 Å². The van der Waals surface area contributed by atoms with Crippen LogP contribution in [0, 0.1) is 0 Å². The lowest BCUT2D eigenvalue weighted by atomic mass is 10.2. The molecule has 2 heterocycles. The molecule has 0 bridgehead atoms. The minimum Gasteiger partial charge on any atom is -0.486 e. The minimum absolute atomic E-state index is 0.0934. The average molecular weight is 359 g/mol. The number of anilines is 1. The standard InChI is InChI=1S/C18H21N3O5/c1-11(2)21-16(6-7-19-21)20-17(22)12(3)26-18(23)13-4-5-14-15(10-13)25-9-8-24-14/h4-7,10-12H,8-9H2,1-3H3,(H,20,22)/t12-/m1/s1. The molecule has 2 aromatic rings. The Labute approximate surface area is 151 Å². The summed E-state index contributed by atoms with van der Waals surface area (Å²) >= 11 is 0. The van der Waals surface area contributed by atoms with Crippen molar-refractivity contribution >= 4 is 17.7 Å². The SMILES string of the molecule is CC(C)n1nccc1NC(=O)[C@@H](C)OC(=O)c1ccc2c(c1)OCCO2. The van der Waals surface area contributed by atoms with Crippen molar-refractivity contribution in [2.45, 2.75) is 32.9 Å². The van der Waals surface area contributed by atoms with E-state index in [0.717, 1.165) is 0 Å². The zero-order chi connectivity index (χ0) is 18.7. The van der Waals surface area contributed by atoms with Gasteiger partial charge in [-0.1, -0.05) is 0 Å². The quantitative estimate of drug-likeness (QED) is 0.825. The number of amides is 1. The van der Waals surface area contributed by atoms with Crippen LogP contribution in [0.1, 0.15) is 37.2 Å². The molecule has 0 fully saturated rings. The van der Waals surface area contributed by atoms with Crippen molar-refractivity contribution in [3.8, 4) is 11.5 Å². The summed E-state index contributed by atoms with van der Waals surface area (Å²) < 4.78 is 17.8. The van der Waals surface area contributed by atoms with Gasteiger partial charge in [0.2, 0.25) is 0 Å². The molecule has 1 aromatic heterocycles. The van der Waals surface area contributed by atoms with Gasteiger partial charge in [0.1, 0.15) is 19.0 Å². The van der Waals surface area contributed by atoms with Gasteiger partial charge in [0.05, 0.1) is 11.8 Å². The summed E-state index contributed by atoms with van der Waals surface area (Å²) in [5.74, 6) is 0.580. The van der Waals surface area contributed by atoms with Gasteiger partial charge in [-0.2, -0.15) is 5.10 Å². The smallest absolute Gasteiger partial charge is 0.339 e. The van der Waals surface area contributed by atoms with E-state index in [1.54, 1.807) is 35.1 Å². The van der Waals surface area contributed by atoms with Gasteiger partial charge in [0.25, 0.3) is 5.91 Å². The van der Waals surface area contributed by atoms with Crippen LogP contribution in [0.5, 0.6) is 11.5 Å². The Bertz CT molecular complexity index is 815. The molecule has 0 unspecified atom stereocenters. The van der Waals surface area contributed by atoms with E-state index in [2.05, 4.69) is 10.4 Å². The number of hydrogen-bond donors (Lipinski definition) is 1. The molecule has 8 nitrogen and oxygen atoms in total. The van der Waals surface area contributed by atoms with Crippen LogP contribution in [0.15, 0.2) is 30.5 Å². The van der Waals surface area contributed by atoms with Crippen LogP contribution < -0.4 is 14.8 Å². The zero-order valence-corrected chi connectivity index (χ0v) is 14.9. The Hall–Kier alpha value is -3.03. The lowest BCUT2D eigenvalue weighted by Crippen LogP contribution is -2.31. The van der Waals surface area contributed by atoms with Crippen LogP contribution in [0.2, 0.25) is 0 Å². The predicted molar refractivity (Wildman–Crippen MR) is 93.6 cm³/mol. The van der Waals surface area contributed by atoms with Gasteiger partial charge in [-0.3, -0.25) is 4.79 Å². The molecule has 1 atom stereocenters. The Morgan fingerprint density at radius 2 is 1.88 bits per heavy atom. The summed E-state index contributed by atoms with van der Waals surface area (Å²) in [6, 6.07) is 6.56. The summed E-state index contributed by atoms with van der Waals surface area (Å²) in [5, 5.41) is 6.86. The van der Waals surface area contributed by atoms with Crippen molar-refractivity contribution < 1.29 is 23.8 Å². The molecule has 1 aliphatic heterocycles. The Balaban J connectivity index is 1.63. The Morgan fingerprint density at radius 1 is 1.15 bits per heavy atom. The number of nitrogens with zero attached hydrogens (tertiary/aromatic N) is 2. The first-order chi connectivity index (χ1) is 12.5. The highest BCUT2D eigenvalue weighted by molar-refractivity contribution is 5.97. The fraction of sp³-hybridized carbons (Fsp3) is 0.389. The number of nitrogens with one attached hydrogen (secondary N) is 1. The fourth-order valence-corrected chi connectivity index (χ4v) is 2.51. The van der Waals surface area contributed by atoms with E-state index in [1.807, 2.05) is 13.8 Å². The monoisotopic (exact) mass is 359 g/mol. The molecule has 8 heteroatoms. The molecule has 0 radical (unpaired) electrons. The van der Waals surface area contributed by atoms with E-state index >= 15 is 0 Å². The molecule has 0 spiro atoms. The number of esters is 1. The zero-order valence-electron chi connectivity index (χ0n) is 14.9. The van der Waals surface area contributed by atoms with Crippen LogP contribution in [-0.4, -0.2) is 41.0 Å². The first kappa shape index (κ1) is 17.8. The maximum Gasteiger partial charge on any atom is 0.339 e. The number of carbonyl (C=O) groups excluding carboxylic acids is 2. The lowest BCUT2D eigenvalue weighted by Gasteiger charge is -2.19. The van der Waals surface area contributed by atoms with E-state index < -0.39 is 18.0 Å². The molecule has 1 aliphatic rings. The third kappa shape index (κ3) is 3.79. The van der Waals surface area contributed by atoms with Crippen molar-refractivity contribution in [2.24, 2.45) is 0 Å². The van der Waals surface area contributed by atoms with Gasteiger partial charge in [-0.15, -0.1) is 0 Å². The molecular formula is C18H21N3O5. The Kier molecular flexibility index (Phi) is 5.11. The number of carbonyl (C=O) groups is 2. The fourth-order valence-electron chi connectivity index (χ4n) is 2.51. The number of fused-ring (bicyclic) bond motifs is 1. The highest BCUT2D eigenvalue weighted by Crippen LogP contribution is 2.31. The van der Waals surface area contributed by atoms with Crippen LogP contribution >= 0.6 is 0 Å². The van der Waals surface area contributed by atoms with E-state index in [4.69, 9.17) is 14.2 Å². The molecule has 1 N–H and O–H groups in total. The second-order valence-corrected chi connectivity index (χ2v) is 6.15. The normalized spacial score (nSPS) is 14.0. The number of rotatable bonds is 5. The van der Waals surface area contributed by atoms with Crippen LogP contribution in [0.4, 0.5) is 5.82 Å². The summed E-state index contributed by atoms with van der Waals surface area (Å²) in [7, 11) is 0. The second-order valence-electron chi connectivity index (χ2n) is 6.15. The molecule has 0 aliphatic carbocycles. The molecule has 1 aromatic carbocycles. The Morgan fingerprint density at radius 3 is 2.62 bits per heavy atom. The number of aromatic nitrogens is 2. The first-order valence-corrected chi connectivity index (χ1v) is 8.40. The van der Waals surface area contributed by atoms with Crippen molar-refractivity contribution in [1.82, 2.24) is 9.78 Å². The van der Waals surface area contributed by atoms with E-state index in [9.17, 15) is 9.59 Å². The van der Waals surface area contributed by atoms with Crippen LogP contribution in [0.25, 0.3) is 0 Å². The lowest BCUT2D eigenvalue weighted by molar-refractivity contribution is -0.123. The number of hydrogen-bond acceptors (Lipinski definition) is 6. The van der Waals surface area contributed by atoms with Crippen molar-refractivity contribution in [3.63, 3.8) is 0 Å². The van der Waals surface area contributed by atoms with Gasteiger partial charge in [0, 0.05) is 12.1 Å². The van der Waals surface area contributed by atoms with Crippen molar-refractivity contribution in [3.05, 3.63) is 36.0 Å². The number of benzene rings is 1. The molecule has 26 heavy (non-hydrogen) atoms. The predicted octanol–water partition coefficient (Wildman–Crippen LogP) is 2.42. The van der Waals surface area contributed by atoms with Crippen molar-refractivity contribution in [2.75, 3.05) is 18.5 Å². The summed E-state index contributed by atoms with van der Waals surface area (Å²) in [5.41, 5.74) is 0.293. The molecule has 1 amide bonds. The summed E-state index contributed by atoms with van der Waals surface area (Å²) in [4.78, 5) is 24.6. The average Bonchev–Trinajstić information content (AvgIpc) is 3.09. The molecule has 0 saturated carbocycles. The van der Waals surface area contributed by atoms with Crippen LogP contribution in [0.3, 0.4) is 0 Å². The van der Waals surface area contributed by atoms with Gasteiger partial charge in [0.15, 0.2) is 17.6 Å². The molecular weight excluding hydrogens is 338 g/mol. The van der Waals surface area contributed by atoms with E-state index in [0.29, 0.717) is 36.1 Å². The maximum absolute atomic E-state index is 12.3. The third-order valence-electron chi connectivity index (χ3n) is 3.84. The summed E-state index contributed by atoms with van der Waals surface area (Å²) in [6.45, 7) is 6.32. The second kappa shape index (κ2) is 7.47. The highest BCUT2D eigenvalue weighted by atomic mass is 16.6.